The van der Waals surface area contributed by atoms with E-state index in [0.717, 1.165) is 42.4 Å². The third kappa shape index (κ3) is 3.88. The topological polar surface area (TPSA) is 105 Å². The first-order valence-electron chi connectivity index (χ1n) is 11.8. The third-order valence-corrected chi connectivity index (χ3v) is 7.39. The van der Waals surface area contributed by atoms with Gasteiger partial charge in [0.1, 0.15) is 11.5 Å². The molecule has 182 valence electrons. The summed E-state index contributed by atoms with van der Waals surface area (Å²) >= 11 is 0. The second-order valence-corrected chi connectivity index (χ2v) is 9.64. The van der Waals surface area contributed by atoms with Crippen molar-refractivity contribution in [3.05, 3.63) is 30.5 Å². The molecule has 0 unspecified atom stereocenters. The summed E-state index contributed by atoms with van der Waals surface area (Å²) in [5, 5.41) is 4.29. The molecular weight excluding hydrogens is 454 g/mol. The van der Waals surface area contributed by atoms with Crippen molar-refractivity contribution in [2.24, 2.45) is 11.8 Å². The van der Waals surface area contributed by atoms with Crippen LogP contribution in [0.2, 0.25) is 0 Å². The molecule has 4 aromatic heterocycles. The van der Waals surface area contributed by atoms with Crippen LogP contribution in [-0.2, 0) is 11.3 Å². The lowest BCUT2D eigenvalue weighted by molar-refractivity contribution is -0.128. The van der Waals surface area contributed by atoms with Gasteiger partial charge in [-0.15, -0.1) is 0 Å². The lowest BCUT2D eigenvalue weighted by Crippen LogP contribution is -2.29. The number of alkyl halides is 2. The van der Waals surface area contributed by atoms with Crippen LogP contribution in [0.25, 0.3) is 33.3 Å². The number of aromatic amines is 1. The highest BCUT2D eigenvalue weighted by Gasteiger charge is 2.41. The van der Waals surface area contributed by atoms with Crippen LogP contribution in [-0.4, -0.2) is 65.9 Å². The lowest BCUT2D eigenvalue weighted by Gasteiger charge is -2.18. The first-order valence-corrected chi connectivity index (χ1v) is 11.8. The van der Waals surface area contributed by atoms with Gasteiger partial charge in [0, 0.05) is 61.2 Å². The van der Waals surface area contributed by atoms with Crippen molar-refractivity contribution in [2.45, 2.75) is 45.7 Å². The summed E-state index contributed by atoms with van der Waals surface area (Å²) in [6, 6.07) is 2.12. The fraction of sp³-hybridized carbons (Fsp3) is 0.458. The molecule has 0 spiro atoms. The highest BCUT2D eigenvalue weighted by atomic mass is 19.3. The van der Waals surface area contributed by atoms with Gasteiger partial charge in [0.15, 0.2) is 5.65 Å². The zero-order valence-electron chi connectivity index (χ0n) is 19.5. The Balaban J connectivity index is 1.23. The fourth-order valence-electron chi connectivity index (χ4n) is 5.71. The van der Waals surface area contributed by atoms with Crippen molar-refractivity contribution >= 4 is 34.1 Å². The molecule has 0 bridgehead atoms. The number of fused-ring (bicyclic) bond motifs is 3. The number of nitrogens with one attached hydrogen (secondary N) is 2. The van der Waals surface area contributed by atoms with Crippen LogP contribution in [0, 0.1) is 18.8 Å². The number of anilines is 1. The van der Waals surface area contributed by atoms with E-state index in [2.05, 4.69) is 30.2 Å². The normalized spacial score (nSPS) is 22.0. The Hall–Kier alpha value is -3.63. The molecule has 1 saturated heterocycles. The summed E-state index contributed by atoms with van der Waals surface area (Å²) in [5.74, 6) is 2.29. The maximum absolute atomic E-state index is 13.1. The quantitative estimate of drug-likeness (QED) is 0.452. The van der Waals surface area contributed by atoms with Crippen LogP contribution in [0.3, 0.4) is 0 Å². The van der Waals surface area contributed by atoms with Gasteiger partial charge in [-0.05, 0) is 37.7 Å². The number of H-pyrrole nitrogens is 1. The summed E-state index contributed by atoms with van der Waals surface area (Å²) in [6.45, 7) is 4.60. The zero-order valence-corrected chi connectivity index (χ0v) is 19.5. The molecule has 2 N–H and O–H groups in total. The predicted octanol–water partition coefficient (Wildman–Crippen LogP) is 3.61. The van der Waals surface area contributed by atoms with E-state index in [-0.39, 0.29) is 11.9 Å². The van der Waals surface area contributed by atoms with Crippen molar-refractivity contribution in [2.75, 3.05) is 18.4 Å². The SMILES string of the molecule is CC(=O)N1C[C@H]2C[C@@H](Nc3ncc4c(-c5cnc6nc(C)n(CC(F)F)c6c5)c[nH]c4n3)C[C@H]2C1. The van der Waals surface area contributed by atoms with Gasteiger partial charge in [0.25, 0.3) is 6.43 Å². The predicted molar refractivity (Wildman–Crippen MR) is 127 cm³/mol. The molecule has 3 atom stereocenters. The number of carbonyl (C=O) groups excluding carboxylic acids is 1. The molecule has 9 nitrogen and oxygen atoms in total. The number of likely N-dealkylation sites (tertiary alicyclic amines) is 1. The van der Waals surface area contributed by atoms with Gasteiger partial charge < -0.3 is 19.8 Å². The molecule has 1 saturated carbocycles. The number of hydrogen-bond acceptors (Lipinski definition) is 6. The number of rotatable bonds is 5. The minimum absolute atomic E-state index is 0.156. The van der Waals surface area contributed by atoms with E-state index in [1.54, 1.807) is 26.2 Å². The Morgan fingerprint density at radius 2 is 1.97 bits per heavy atom. The smallest absolute Gasteiger partial charge is 0.256 e. The van der Waals surface area contributed by atoms with Crippen LogP contribution in [0.5, 0.6) is 0 Å². The van der Waals surface area contributed by atoms with Crippen molar-refractivity contribution in [3.63, 3.8) is 0 Å². The van der Waals surface area contributed by atoms with E-state index in [1.807, 2.05) is 17.2 Å². The highest BCUT2D eigenvalue weighted by Crippen LogP contribution is 2.39. The maximum atomic E-state index is 13.1. The van der Waals surface area contributed by atoms with Gasteiger partial charge in [0.2, 0.25) is 11.9 Å². The van der Waals surface area contributed by atoms with Gasteiger partial charge in [0.05, 0.1) is 12.1 Å². The Morgan fingerprint density at radius 1 is 1.20 bits per heavy atom. The second kappa shape index (κ2) is 8.24. The van der Waals surface area contributed by atoms with Crippen LogP contribution in [0.15, 0.2) is 24.7 Å². The van der Waals surface area contributed by atoms with E-state index in [1.165, 1.54) is 4.57 Å². The van der Waals surface area contributed by atoms with E-state index in [0.29, 0.717) is 40.4 Å². The first kappa shape index (κ1) is 21.9. The average Bonchev–Trinajstić information content (AvgIpc) is 3.55. The Bertz CT molecular complexity index is 1420. The van der Waals surface area contributed by atoms with Gasteiger partial charge in [-0.1, -0.05) is 0 Å². The molecule has 1 amide bonds. The molecule has 35 heavy (non-hydrogen) atoms. The van der Waals surface area contributed by atoms with Crippen LogP contribution in [0.1, 0.15) is 25.6 Å². The number of nitrogens with zero attached hydrogens (tertiary/aromatic N) is 6. The van der Waals surface area contributed by atoms with E-state index >= 15 is 0 Å². The van der Waals surface area contributed by atoms with Gasteiger partial charge in [-0.25, -0.2) is 23.7 Å². The Labute approximate surface area is 200 Å². The second-order valence-electron chi connectivity index (χ2n) is 9.64. The average molecular weight is 481 g/mol. The standard InChI is InChI=1S/C24H26F2N8O/c1-12-30-23-20(34(12)11-21(25)26)5-14(6-27-23)18-7-28-22-19(18)8-29-24(32-22)31-17-3-15-9-33(13(2)35)10-16(15)4-17/h5-8,15-17,21H,3-4,9-11H2,1-2H3,(H2,28,29,31,32)/t15-,16+,17-. The molecular formula is C24H26F2N8O. The number of imidazole rings is 1. The molecule has 5 heterocycles. The molecule has 1 aliphatic carbocycles. The van der Waals surface area contributed by atoms with Crippen LogP contribution in [0.4, 0.5) is 14.7 Å². The molecule has 1 aliphatic heterocycles. The van der Waals surface area contributed by atoms with Gasteiger partial charge >= 0.3 is 0 Å². The summed E-state index contributed by atoms with van der Waals surface area (Å²) in [5.41, 5.74) is 3.34. The molecule has 6 rings (SSSR count). The van der Waals surface area contributed by atoms with E-state index in [4.69, 9.17) is 0 Å². The Morgan fingerprint density at radius 3 is 2.69 bits per heavy atom. The van der Waals surface area contributed by atoms with Gasteiger partial charge in [-0.3, -0.25) is 4.79 Å². The largest absolute Gasteiger partial charge is 0.351 e. The van der Waals surface area contributed by atoms with Crippen LogP contribution < -0.4 is 5.32 Å². The minimum atomic E-state index is -2.48. The van der Waals surface area contributed by atoms with Crippen molar-refractivity contribution in [3.8, 4) is 11.1 Å². The van der Waals surface area contributed by atoms with E-state index < -0.39 is 13.0 Å². The maximum Gasteiger partial charge on any atom is 0.256 e. The number of amides is 1. The molecule has 2 fully saturated rings. The molecule has 4 aromatic rings. The molecule has 11 heteroatoms. The Kier molecular flexibility index (Phi) is 5.15. The van der Waals surface area contributed by atoms with E-state index in [9.17, 15) is 13.6 Å². The van der Waals surface area contributed by atoms with Crippen molar-refractivity contribution in [1.82, 2.24) is 34.4 Å². The number of halogens is 2. The number of aryl methyl sites for hydroxylation is 1. The number of carbonyl (C=O) groups is 1. The fourth-order valence-corrected chi connectivity index (χ4v) is 5.71. The third-order valence-electron chi connectivity index (χ3n) is 7.39. The minimum Gasteiger partial charge on any atom is -0.351 e. The number of aromatic nitrogens is 6. The van der Waals surface area contributed by atoms with Crippen LogP contribution >= 0.6 is 0 Å². The molecule has 0 aromatic carbocycles. The number of hydrogen-bond donors (Lipinski definition) is 2. The molecule has 0 radical (unpaired) electrons. The monoisotopic (exact) mass is 480 g/mol. The summed E-state index contributed by atoms with van der Waals surface area (Å²) in [6.07, 6.45) is 4.83. The summed E-state index contributed by atoms with van der Waals surface area (Å²) in [7, 11) is 0. The first-order chi connectivity index (χ1) is 16.9. The van der Waals surface area contributed by atoms with Crippen molar-refractivity contribution in [1.29, 1.82) is 0 Å². The summed E-state index contributed by atoms with van der Waals surface area (Å²) < 4.78 is 27.6. The van der Waals surface area contributed by atoms with Crippen molar-refractivity contribution < 1.29 is 13.6 Å². The molecule has 2 aliphatic rings. The lowest BCUT2D eigenvalue weighted by atomic mass is 10.0. The van der Waals surface area contributed by atoms with Gasteiger partial charge in [-0.2, -0.15) is 4.98 Å². The number of pyridine rings is 1. The highest BCUT2D eigenvalue weighted by molar-refractivity contribution is 5.95. The zero-order chi connectivity index (χ0) is 24.3. The summed E-state index contributed by atoms with van der Waals surface area (Å²) in [4.78, 5) is 34.7.